The molecule has 0 bridgehead atoms. The molecule has 0 aromatic rings. The molecular weight excluding hydrogens is 152 g/mol. The summed E-state index contributed by atoms with van der Waals surface area (Å²) in [4.78, 5) is 0. The summed E-state index contributed by atoms with van der Waals surface area (Å²) in [6, 6.07) is 0. The topological polar surface area (TPSA) is 25.1 Å². The van der Waals surface area contributed by atoms with Crippen LogP contribution in [0.5, 0.6) is 0 Å². The van der Waals surface area contributed by atoms with E-state index in [-0.39, 0.29) is 0 Å². The van der Waals surface area contributed by atoms with Crippen LogP contribution in [0, 0.1) is 11.8 Å². The minimum Gasteiger partial charge on any atom is -0.373 e. The molecule has 12 heavy (non-hydrogen) atoms. The zero-order valence-corrected chi connectivity index (χ0v) is 7.37. The van der Waals surface area contributed by atoms with Crippen molar-refractivity contribution in [3.63, 3.8) is 0 Å². The van der Waals surface area contributed by atoms with Crippen LogP contribution < -0.4 is 0 Å². The highest BCUT2D eigenvalue weighted by atomic mass is 16.6. The second-order valence-corrected chi connectivity index (χ2v) is 4.43. The van der Waals surface area contributed by atoms with Gasteiger partial charge >= 0.3 is 0 Å². The predicted molar refractivity (Wildman–Crippen MR) is 44.9 cm³/mol. The molecule has 1 aliphatic carbocycles. The Morgan fingerprint density at radius 1 is 0.833 bits per heavy atom. The second kappa shape index (κ2) is 2.71. The summed E-state index contributed by atoms with van der Waals surface area (Å²) in [5, 5.41) is 0. The molecule has 2 saturated heterocycles. The van der Waals surface area contributed by atoms with E-state index in [1.807, 2.05) is 0 Å². The molecule has 0 radical (unpaired) electrons. The van der Waals surface area contributed by atoms with Gasteiger partial charge in [0.2, 0.25) is 0 Å². The summed E-state index contributed by atoms with van der Waals surface area (Å²) in [6.45, 7) is 2.06. The SMILES string of the molecule is C1CC(C2CO2)CC(C2CO2)C1. The lowest BCUT2D eigenvalue weighted by molar-refractivity contribution is 0.185. The maximum atomic E-state index is 5.36. The molecule has 0 aromatic carbocycles. The van der Waals surface area contributed by atoms with Crippen molar-refractivity contribution in [3.8, 4) is 0 Å². The van der Waals surface area contributed by atoms with Crippen LogP contribution in [0.1, 0.15) is 25.7 Å². The number of hydrogen-bond donors (Lipinski definition) is 0. The molecule has 2 aliphatic heterocycles. The zero-order chi connectivity index (χ0) is 7.97. The van der Waals surface area contributed by atoms with Crippen LogP contribution in [0.4, 0.5) is 0 Å². The molecule has 4 unspecified atom stereocenters. The molecule has 0 N–H and O–H groups in total. The first-order valence-electron chi connectivity index (χ1n) is 5.16. The summed E-state index contributed by atoms with van der Waals surface area (Å²) in [6.07, 6.45) is 6.82. The van der Waals surface area contributed by atoms with Crippen LogP contribution in [-0.2, 0) is 9.47 Å². The van der Waals surface area contributed by atoms with Gasteiger partial charge in [-0.05, 0) is 31.1 Å². The average molecular weight is 168 g/mol. The Labute approximate surface area is 73.2 Å². The molecule has 3 fully saturated rings. The highest BCUT2D eigenvalue weighted by Gasteiger charge is 2.41. The third kappa shape index (κ3) is 1.38. The molecule has 2 nitrogen and oxygen atoms in total. The molecule has 2 heterocycles. The Bertz CT molecular complexity index is 155. The van der Waals surface area contributed by atoms with Crippen LogP contribution in [0.2, 0.25) is 0 Å². The zero-order valence-electron chi connectivity index (χ0n) is 7.37. The fourth-order valence-electron chi connectivity index (χ4n) is 2.60. The van der Waals surface area contributed by atoms with Crippen molar-refractivity contribution in [2.45, 2.75) is 37.9 Å². The lowest BCUT2D eigenvalue weighted by atomic mass is 9.78. The number of rotatable bonds is 2. The molecule has 3 rings (SSSR count). The summed E-state index contributed by atoms with van der Waals surface area (Å²) in [5.74, 6) is 1.74. The largest absolute Gasteiger partial charge is 0.373 e. The molecule has 0 aromatic heterocycles. The van der Waals surface area contributed by atoms with Gasteiger partial charge in [0.15, 0.2) is 0 Å². The quantitative estimate of drug-likeness (QED) is 0.585. The lowest BCUT2D eigenvalue weighted by Gasteiger charge is -2.26. The minimum absolute atomic E-state index is 0.631. The third-order valence-electron chi connectivity index (χ3n) is 3.53. The first kappa shape index (κ1) is 7.34. The Hall–Kier alpha value is -0.0800. The van der Waals surface area contributed by atoms with Crippen LogP contribution in [0.25, 0.3) is 0 Å². The van der Waals surface area contributed by atoms with E-state index in [1.165, 1.54) is 25.7 Å². The predicted octanol–water partition coefficient (Wildman–Crippen LogP) is 1.59. The smallest absolute Gasteiger partial charge is 0.0838 e. The van der Waals surface area contributed by atoms with Crippen molar-refractivity contribution in [2.75, 3.05) is 13.2 Å². The monoisotopic (exact) mass is 168 g/mol. The maximum absolute atomic E-state index is 5.36. The van der Waals surface area contributed by atoms with Crippen molar-refractivity contribution in [2.24, 2.45) is 11.8 Å². The molecule has 1 saturated carbocycles. The van der Waals surface area contributed by atoms with E-state index in [1.54, 1.807) is 0 Å². The average Bonchev–Trinajstić information content (AvgIpc) is 2.98. The second-order valence-electron chi connectivity index (χ2n) is 4.43. The van der Waals surface area contributed by atoms with E-state index in [4.69, 9.17) is 9.47 Å². The molecule has 68 valence electrons. The maximum Gasteiger partial charge on any atom is 0.0838 e. The van der Waals surface area contributed by atoms with Crippen molar-refractivity contribution >= 4 is 0 Å². The summed E-state index contributed by atoms with van der Waals surface area (Å²) < 4.78 is 10.7. The molecule has 4 atom stereocenters. The van der Waals surface area contributed by atoms with E-state index in [9.17, 15) is 0 Å². The highest BCUT2D eigenvalue weighted by Crippen LogP contribution is 2.40. The van der Waals surface area contributed by atoms with Crippen LogP contribution >= 0.6 is 0 Å². The molecular formula is C10H16O2. The van der Waals surface area contributed by atoms with Crippen molar-refractivity contribution < 1.29 is 9.47 Å². The van der Waals surface area contributed by atoms with Crippen molar-refractivity contribution in [1.29, 1.82) is 0 Å². The fraction of sp³-hybridized carbons (Fsp3) is 1.00. The Kier molecular flexibility index (Phi) is 1.66. The van der Waals surface area contributed by atoms with Gasteiger partial charge in [-0.3, -0.25) is 0 Å². The van der Waals surface area contributed by atoms with Gasteiger partial charge in [-0.15, -0.1) is 0 Å². The van der Waals surface area contributed by atoms with Gasteiger partial charge in [0, 0.05) is 0 Å². The van der Waals surface area contributed by atoms with Crippen molar-refractivity contribution in [3.05, 3.63) is 0 Å². The van der Waals surface area contributed by atoms with E-state index in [2.05, 4.69) is 0 Å². The first-order valence-corrected chi connectivity index (χ1v) is 5.16. The van der Waals surface area contributed by atoms with Gasteiger partial charge in [-0.2, -0.15) is 0 Å². The van der Waals surface area contributed by atoms with Gasteiger partial charge in [0.25, 0.3) is 0 Å². The lowest BCUT2D eigenvalue weighted by Crippen LogP contribution is -2.23. The van der Waals surface area contributed by atoms with Crippen LogP contribution in [-0.4, -0.2) is 25.4 Å². The van der Waals surface area contributed by atoms with Gasteiger partial charge in [0.05, 0.1) is 25.4 Å². The summed E-state index contributed by atoms with van der Waals surface area (Å²) in [7, 11) is 0. The number of epoxide rings is 2. The normalized spacial score (nSPS) is 52.0. The third-order valence-corrected chi connectivity index (χ3v) is 3.53. The summed E-state index contributed by atoms with van der Waals surface area (Å²) in [5.41, 5.74) is 0. The van der Waals surface area contributed by atoms with Gasteiger partial charge < -0.3 is 9.47 Å². The first-order chi connectivity index (χ1) is 5.93. The molecule has 3 aliphatic rings. The minimum atomic E-state index is 0.631. The standard InChI is InChI=1S/C10H16O2/c1-2-7(9-5-11-9)4-8(3-1)10-6-12-10/h7-10H,1-6H2. The van der Waals surface area contributed by atoms with E-state index in [0.717, 1.165) is 25.0 Å². The van der Waals surface area contributed by atoms with E-state index >= 15 is 0 Å². The summed E-state index contributed by atoms with van der Waals surface area (Å²) >= 11 is 0. The van der Waals surface area contributed by atoms with Gasteiger partial charge in [-0.1, -0.05) is 6.42 Å². The Balaban J connectivity index is 1.58. The molecule has 0 amide bonds. The van der Waals surface area contributed by atoms with Crippen LogP contribution in [0.3, 0.4) is 0 Å². The number of hydrogen-bond acceptors (Lipinski definition) is 2. The Morgan fingerprint density at radius 3 is 1.75 bits per heavy atom. The van der Waals surface area contributed by atoms with Gasteiger partial charge in [-0.25, -0.2) is 0 Å². The van der Waals surface area contributed by atoms with Crippen molar-refractivity contribution in [1.82, 2.24) is 0 Å². The van der Waals surface area contributed by atoms with Crippen LogP contribution in [0.15, 0.2) is 0 Å². The van der Waals surface area contributed by atoms with Gasteiger partial charge in [0.1, 0.15) is 0 Å². The van der Waals surface area contributed by atoms with E-state index in [0.29, 0.717) is 12.2 Å². The number of ether oxygens (including phenoxy) is 2. The Morgan fingerprint density at radius 2 is 1.33 bits per heavy atom. The van der Waals surface area contributed by atoms with E-state index < -0.39 is 0 Å². The molecule has 0 spiro atoms. The molecule has 2 heteroatoms. The highest BCUT2D eigenvalue weighted by molar-refractivity contribution is 4.89. The fourth-order valence-corrected chi connectivity index (χ4v) is 2.60.